The normalized spacial score (nSPS) is 11.0. The van der Waals surface area contributed by atoms with Crippen LogP contribution >= 0.6 is 11.3 Å². The number of thiazole rings is 1. The number of benzene rings is 1. The molecule has 6 nitrogen and oxygen atoms in total. The Kier molecular flexibility index (Phi) is 6.14. The van der Waals surface area contributed by atoms with Gasteiger partial charge >= 0.3 is 0 Å². The molecule has 2 rings (SSSR count). The molecule has 0 aliphatic carbocycles. The van der Waals surface area contributed by atoms with Gasteiger partial charge in [-0.25, -0.2) is 4.98 Å². The summed E-state index contributed by atoms with van der Waals surface area (Å²) < 4.78 is 5.26. The summed E-state index contributed by atoms with van der Waals surface area (Å²) in [6.07, 6.45) is 0.164. The second-order valence-electron chi connectivity index (χ2n) is 6.61. The number of aromatic nitrogens is 1. The summed E-state index contributed by atoms with van der Waals surface area (Å²) in [7, 11) is 1.60. The quantitative estimate of drug-likeness (QED) is 0.829. The molecule has 0 radical (unpaired) electrons. The number of nitrogens with zero attached hydrogens (tertiary/aromatic N) is 1. The van der Waals surface area contributed by atoms with Gasteiger partial charge in [0, 0.05) is 22.9 Å². The fourth-order valence-electron chi connectivity index (χ4n) is 2.00. The zero-order chi connectivity index (χ0) is 18.4. The van der Waals surface area contributed by atoms with Crippen LogP contribution in [-0.2, 0) is 22.6 Å². The topological polar surface area (TPSA) is 80.3 Å². The minimum Gasteiger partial charge on any atom is -0.496 e. The first kappa shape index (κ1) is 18.9. The molecule has 0 atom stereocenters. The molecule has 0 saturated heterocycles. The van der Waals surface area contributed by atoms with E-state index in [1.165, 1.54) is 11.3 Å². The molecule has 2 aromatic rings. The van der Waals surface area contributed by atoms with Crippen LogP contribution in [0.2, 0.25) is 0 Å². The van der Waals surface area contributed by atoms with Crippen molar-refractivity contribution in [2.24, 2.45) is 5.41 Å². The molecule has 134 valence electrons. The summed E-state index contributed by atoms with van der Waals surface area (Å²) in [6, 6.07) is 7.54. The molecule has 2 amide bonds. The largest absolute Gasteiger partial charge is 0.496 e. The van der Waals surface area contributed by atoms with E-state index in [0.29, 0.717) is 17.4 Å². The average molecular weight is 361 g/mol. The highest BCUT2D eigenvalue weighted by Gasteiger charge is 2.22. The maximum Gasteiger partial charge on any atom is 0.231 e. The van der Waals surface area contributed by atoms with Gasteiger partial charge < -0.3 is 15.4 Å². The third-order valence-corrected chi connectivity index (χ3v) is 4.27. The Hall–Kier alpha value is -2.41. The van der Waals surface area contributed by atoms with Crippen molar-refractivity contribution >= 4 is 28.3 Å². The van der Waals surface area contributed by atoms with E-state index in [-0.39, 0.29) is 18.2 Å². The minimum absolute atomic E-state index is 0.103. The van der Waals surface area contributed by atoms with Crippen LogP contribution in [0.3, 0.4) is 0 Å². The average Bonchev–Trinajstić information content (AvgIpc) is 2.99. The predicted octanol–water partition coefficient (Wildman–Crippen LogP) is 3.00. The number of rotatable bonds is 6. The van der Waals surface area contributed by atoms with Gasteiger partial charge in [-0.2, -0.15) is 0 Å². The number of nitrogens with one attached hydrogen (secondary N) is 2. The highest BCUT2D eigenvalue weighted by atomic mass is 32.1. The zero-order valence-corrected chi connectivity index (χ0v) is 15.7. The SMILES string of the molecule is COc1ccccc1CNC(=O)Cc1csc(NC(=O)C(C)(C)C)n1. The molecule has 1 aromatic carbocycles. The lowest BCUT2D eigenvalue weighted by Crippen LogP contribution is -2.27. The van der Waals surface area contributed by atoms with Crippen molar-refractivity contribution in [3.8, 4) is 5.75 Å². The van der Waals surface area contributed by atoms with Crippen molar-refractivity contribution in [3.63, 3.8) is 0 Å². The smallest absolute Gasteiger partial charge is 0.231 e. The first-order valence-corrected chi connectivity index (χ1v) is 8.82. The Morgan fingerprint density at radius 1 is 1.24 bits per heavy atom. The molecular weight excluding hydrogens is 338 g/mol. The van der Waals surface area contributed by atoms with Crippen molar-refractivity contribution in [1.29, 1.82) is 0 Å². The highest BCUT2D eigenvalue weighted by Crippen LogP contribution is 2.21. The summed E-state index contributed by atoms with van der Waals surface area (Å²) >= 11 is 1.31. The van der Waals surface area contributed by atoms with Crippen LogP contribution in [0.4, 0.5) is 5.13 Å². The van der Waals surface area contributed by atoms with E-state index in [4.69, 9.17) is 4.74 Å². The Bertz CT molecular complexity index is 750. The van der Waals surface area contributed by atoms with Crippen LogP contribution in [-0.4, -0.2) is 23.9 Å². The van der Waals surface area contributed by atoms with Gasteiger partial charge in [0.15, 0.2) is 5.13 Å². The molecule has 1 aromatic heterocycles. The number of hydrogen-bond acceptors (Lipinski definition) is 5. The van der Waals surface area contributed by atoms with E-state index >= 15 is 0 Å². The maximum atomic E-state index is 12.1. The molecular formula is C18H23N3O3S. The fourth-order valence-corrected chi connectivity index (χ4v) is 2.71. The zero-order valence-electron chi connectivity index (χ0n) is 14.9. The molecule has 2 N–H and O–H groups in total. The van der Waals surface area contributed by atoms with Gasteiger partial charge in [-0.05, 0) is 6.07 Å². The first-order valence-electron chi connectivity index (χ1n) is 7.94. The minimum atomic E-state index is -0.488. The molecule has 7 heteroatoms. The van der Waals surface area contributed by atoms with Crippen molar-refractivity contribution < 1.29 is 14.3 Å². The van der Waals surface area contributed by atoms with Crippen LogP contribution in [0, 0.1) is 5.41 Å². The van der Waals surface area contributed by atoms with Gasteiger partial charge in [-0.1, -0.05) is 39.0 Å². The van der Waals surface area contributed by atoms with Crippen LogP contribution in [0.5, 0.6) is 5.75 Å². The summed E-state index contributed by atoms with van der Waals surface area (Å²) in [4.78, 5) is 28.3. The third kappa shape index (κ3) is 5.56. The lowest BCUT2D eigenvalue weighted by Gasteiger charge is -2.15. The van der Waals surface area contributed by atoms with Gasteiger partial charge in [0.1, 0.15) is 5.75 Å². The Labute approximate surface area is 151 Å². The van der Waals surface area contributed by atoms with Gasteiger partial charge in [0.2, 0.25) is 11.8 Å². The Morgan fingerprint density at radius 2 is 1.96 bits per heavy atom. The summed E-state index contributed by atoms with van der Waals surface area (Å²) in [6.45, 7) is 5.90. The lowest BCUT2D eigenvalue weighted by atomic mass is 9.96. The van der Waals surface area contributed by atoms with Crippen molar-refractivity contribution in [2.45, 2.75) is 33.7 Å². The van der Waals surface area contributed by atoms with Gasteiger partial charge in [0.05, 0.1) is 19.2 Å². The van der Waals surface area contributed by atoms with Crippen LogP contribution in [0.15, 0.2) is 29.6 Å². The number of anilines is 1. The van der Waals surface area contributed by atoms with Crippen LogP contribution < -0.4 is 15.4 Å². The number of para-hydroxylation sites is 1. The first-order chi connectivity index (χ1) is 11.8. The molecule has 0 bridgehead atoms. The molecule has 0 saturated carbocycles. The number of ether oxygens (including phenoxy) is 1. The molecule has 0 aliphatic heterocycles. The van der Waals surface area contributed by atoms with Crippen LogP contribution in [0.25, 0.3) is 0 Å². The summed E-state index contributed by atoms with van der Waals surface area (Å²) in [5.41, 5.74) is 1.05. The fraction of sp³-hybridized carbons (Fsp3) is 0.389. The molecule has 0 spiro atoms. The maximum absolute atomic E-state index is 12.1. The molecule has 0 aliphatic rings. The number of carbonyl (C=O) groups excluding carboxylic acids is 2. The molecule has 0 fully saturated rings. The number of amides is 2. The molecule has 25 heavy (non-hydrogen) atoms. The van der Waals surface area contributed by atoms with E-state index in [1.54, 1.807) is 12.5 Å². The standard InChI is InChI=1S/C18H23N3O3S/c1-18(2,3)16(23)21-17-20-13(11-25-17)9-15(22)19-10-12-7-5-6-8-14(12)24-4/h5-8,11H,9-10H2,1-4H3,(H,19,22)(H,20,21,23). The Morgan fingerprint density at radius 3 is 2.64 bits per heavy atom. The number of hydrogen-bond donors (Lipinski definition) is 2. The van der Waals surface area contributed by atoms with E-state index < -0.39 is 5.41 Å². The van der Waals surface area contributed by atoms with Crippen molar-refractivity contribution in [1.82, 2.24) is 10.3 Å². The predicted molar refractivity (Wildman–Crippen MR) is 98.7 cm³/mol. The molecule has 1 heterocycles. The lowest BCUT2D eigenvalue weighted by molar-refractivity contribution is -0.123. The van der Waals surface area contributed by atoms with E-state index in [9.17, 15) is 9.59 Å². The highest BCUT2D eigenvalue weighted by molar-refractivity contribution is 7.13. The second kappa shape index (κ2) is 8.11. The van der Waals surface area contributed by atoms with E-state index in [2.05, 4.69) is 15.6 Å². The van der Waals surface area contributed by atoms with Gasteiger partial charge in [0.25, 0.3) is 0 Å². The summed E-state index contributed by atoms with van der Waals surface area (Å²) in [5, 5.41) is 7.91. The van der Waals surface area contributed by atoms with Gasteiger partial charge in [-0.15, -0.1) is 11.3 Å². The third-order valence-electron chi connectivity index (χ3n) is 3.46. The van der Waals surface area contributed by atoms with Crippen molar-refractivity contribution in [2.75, 3.05) is 12.4 Å². The second-order valence-corrected chi connectivity index (χ2v) is 7.47. The van der Waals surface area contributed by atoms with Crippen molar-refractivity contribution in [3.05, 3.63) is 40.9 Å². The summed E-state index contributed by atoms with van der Waals surface area (Å²) in [5.74, 6) is 0.502. The van der Waals surface area contributed by atoms with Crippen LogP contribution in [0.1, 0.15) is 32.0 Å². The Balaban J connectivity index is 1.88. The van der Waals surface area contributed by atoms with E-state index in [0.717, 1.165) is 11.3 Å². The number of carbonyl (C=O) groups is 2. The van der Waals surface area contributed by atoms with Gasteiger partial charge in [-0.3, -0.25) is 9.59 Å². The number of methoxy groups -OCH3 is 1. The molecule has 0 unspecified atom stereocenters. The van der Waals surface area contributed by atoms with E-state index in [1.807, 2.05) is 45.0 Å². The monoisotopic (exact) mass is 361 g/mol.